The summed E-state index contributed by atoms with van der Waals surface area (Å²) in [6.45, 7) is 6.31. The number of carbonyl (C=O) groups excluding carboxylic acids is 2. The zero-order valence-corrected chi connectivity index (χ0v) is 13.9. The minimum absolute atomic E-state index is 0.00238. The first-order chi connectivity index (χ1) is 11.1. The zero-order chi connectivity index (χ0) is 17.1. The van der Waals surface area contributed by atoms with Crippen LogP contribution in [-0.2, 0) is 20.9 Å². The number of rotatable bonds is 10. The van der Waals surface area contributed by atoms with Crippen LogP contribution in [0.15, 0.2) is 36.4 Å². The lowest BCUT2D eigenvalue weighted by molar-refractivity contribution is -0.138. The van der Waals surface area contributed by atoms with Gasteiger partial charge in [0, 0.05) is 18.5 Å². The molecule has 0 aliphatic carbocycles. The lowest BCUT2D eigenvalue weighted by Gasteiger charge is -2.07. The van der Waals surface area contributed by atoms with Crippen molar-refractivity contribution in [3.8, 4) is 5.75 Å². The third-order valence-corrected chi connectivity index (χ3v) is 3.35. The number of benzene rings is 1. The molecule has 0 aromatic heterocycles. The maximum atomic E-state index is 11.8. The second-order valence-corrected chi connectivity index (χ2v) is 5.16. The van der Waals surface area contributed by atoms with Gasteiger partial charge in [0.1, 0.15) is 5.75 Å². The Hall–Kier alpha value is -2.30. The first kappa shape index (κ1) is 18.7. The summed E-state index contributed by atoms with van der Waals surface area (Å²) in [6.07, 6.45) is 2.46. The maximum absolute atomic E-state index is 11.8. The Labute approximate surface area is 137 Å². The number of ether oxygens (including phenoxy) is 2. The topological polar surface area (TPSA) is 64.6 Å². The summed E-state index contributed by atoms with van der Waals surface area (Å²) < 4.78 is 9.94. The molecule has 0 heterocycles. The summed E-state index contributed by atoms with van der Waals surface area (Å²) in [7, 11) is 1.62. The van der Waals surface area contributed by atoms with Crippen molar-refractivity contribution in [2.24, 2.45) is 0 Å². The molecular weight excluding hydrogens is 294 g/mol. The van der Waals surface area contributed by atoms with Gasteiger partial charge in [-0.1, -0.05) is 18.7 Å². The highest BCUT2D eigenvalue weighted by Gasteiger charge is 2.08. The fourth-order valence-electron chi connectivity index (χ4n) is 1.99. The van der Waals surface area contributed by atoms with Crippen molar-refractivity contribution in [2.45, 2.75) is 39.2 Å². The van der Waals surface area contributed by atoms with Crippen LogP contribution in [0.2, 0.25) is 0 Å². The minimum Gasteiger partial charge on any atom is -0.497 e. The molecule has 1 amide bonds. The molecule has 0 atom stereocenters. The summed E-state index contributed by atoms with van der Waals surface area (Å²) >= 11 is 0. The number of nitrogens with one attached hydrogen (secondary N) is 1. The summed E-state index contributed by atoms with van der Waals surface area (Å²) in [5, 5.41) is 2.87. The number of unbranched alkanes of at least 4 members (excludes halogenated alkanes) is 1. The van der Waals surface area contributed by atoms with E-state index in [4.69, 9.17) is 9.47 Å². The molecule has 0 bridgehead atoms. The van der Waals surface area contributed by atoms with Crippen molar-refractivity contribution in [2.75, 3.05) is 13.7 Å². The molecule has 1 rings (SSSR count). The monoisotopic (exact) mass is 319 g/mol. The van der Waals surface area contributed by atoms with Crippen LogP contribution in [0.25, 0.3) is 0 Å². The third-order valence-electron chi connectivity index (χ3n) is 3.35. The fourth-order valence-corrected chi connectivity index (χ4v) is 1.99. The van der Waals surface area contributed by atoms with E-state index in [2.05, 4.69) is 11.9 Å². The van der Waals surface area contributed by atoms with Crippen LogP contribution in [0.1, 0.15) is 38.2 Å². The van der Waals surface area contributed by atoms with E-state index in [0.29, 0.717) is 38.0 Å². The predicted molar refractivity (Wildman–Crippen MR) is 89.1 cm³/mol. The van der Waals surface area contributed by atoms with E-state index < -0.39 is 0 Å². The molecule has 126 valence electrons. The van der Waals surface area contributed by atoms with E-state index >= 15 is 0 Å². The highest BCUT2D eigenvalue weighted by atomic mass is 16.5. The quantitative estimate of drug-likeness (QED) is 0.409. The molecule has 0 saturated heterocycles. The van der Waals surface area contributed by atoms with Crippen LogP contribution in [0.3, 0.4) is 0 Å². The van der Waals surface area contributed by atoms with Gasteiger partial charge >= 0.3 is 5.97 Å². The van der Waals surface area contributed by atoms with Gasteiger partial charge in [-0.05, 0) is 43.9 Å². The lowest BCUT2D eigenvalue weighted by Crippen LogP contribution is -2.22. The zero-order valence-electron chi connectivity index (χ0n) is 13.9. The van der Waals surface area contributed by atoms with Crippen molar-refractivity contribution in [3.63, 3.8) is 0 Å². The van der Waals surface area contributed by atoms with Crippen LogP contribution in [0.4, 0.5) is 0 Å². The maximum Gasteiger partial charge on any atom is 0.333 e. The van der Waals surface area contributed by atoms with Gasteiger partial charge in [-0.3, -0.25) is 4.79 Å². The average molecular weight is 319 g/mol. The van der Waals surface area contributed by atoms with E-state index in [9.17, 15) is 9.59 Å². The normalized spacial score (nSPS) is 10.0. The molecule has 0 radical (unpaired) electrons. The fraction of sp³-hybridized carbons (Fsp3) is 0.444. The van der Waals surface area contributed by atoms with Gasteiger partial charge in [0.05, 0.1) is 13.7 Å². The van der Waals surface area contributed by atoms with Gasteiger partial charge in [0.2, 0.25) is 5.91 Å². The molecule has 1 aromatic carbocycles. The number of amides is 1. The van der Waals surface area contributed by atoms with E-state index in [1.807, 2.05) is 24.3 Å². The Bertz CT molecular complexity index is 522. The van der Waals surface area contributed by atoms with Crippen molar-refractivity contribution in [1.29, 1.82) is 0 Å². The highest BCUT2D eigenvalue weighted by molar-refractivity contribution is 5.87. The standard InChI is InChI=1S/C18H25NO4/c1-4-23-18(21)14(2)7-5-6-8-17(20)19-13-15-9-11-16(22-3)12-10-15/h9-12H,2,4-8,13H2,1,3H3,(H,19,20). The molecule has 5 nitrogen and oxygen atoms in total. The molecule has 0 spiro atoms. The first-order valence-corrected chi connectivity index (χ1v) is 7.81. The molecule has 0 aliphatic rings. The molecule has 0 aliphatic heterocycles. The number of esters is 1. The lowest BCUT2D eigenvalue weighted by atomic mass is 10.1. The summed E-state index contributed by atoms with van der Waals surface area (Å²) in [5.74, 6) is 0.445. The van der Waals surface area contributed by atoms with E-state index in [1.54, 1.807) is 14.0 Å². The Morgan fingerprint density at radius 1 is 1.13 bits per heavy atom. The third kappa shape index (κ3) is 7.49. The van der Waals surface area contributed by atoms with E-state index in [0.717, 1.165) is 17.7 Å². The van der Waals surface area contributed by atoms with Crippen molar-refractivity contribution in [1.82, 2.24) is 5.32 Å². The summed E-state index contributed by atoms with van der Waals surface area (Å²) in [4.78, 5) is 23.1. The molecule has 5 heteroatoms. The van der Waals surface area contributed by atoms with Gasteiger partial charge in [-0.25, -0.2) is 4.79 Å². The first-order valence-electron chi connectivity index (χ1n) is 7.81. The Morgan fingerprint density at radius 2 is 1.78 bits per heavy atom. The molecule has 0 saturated carbocycles. The molecule has 1 aromatic rings. The molecule has 1 N–H and O–H groups in total. The Kier molecular flexibility index (Phi) is 8.50. The van der Waals surface area contributed by atoms with E-state index in [1.165, 1.54) is 0 Å². The van der Waals surface area contributed by atoms with Gasteiger partial charge < -0.3 is 14.8 Å². The average Bonchev–Trinajstić information content (AvgIpc) is 2.57. The molecule has 0 fully saturated rings. The number of carbonyl (C=O) groups is 2. The van der Waals surface area contributed by atoms with E-state index in [-0.39, 0.29) is 11.9 Å². The predicted octanol–water partition coefficient (Wildman–Crippen LogP) is 2.99. The van der Waals surface area contributed by atoms with Crippen molar-refractivity contribution < 1.29 is 19.1 Å². The molecule has 23 heavy (non-hydrogen) atoms. The second kappa shape index (κ2) is 10.4. The second-order valence-electron chi connectivity index (χ2n) is 5.16. The van der Waals surface area contributed by atoms with Crippen LogP contribution in [0.5, 0.6) is 5.75 Å². The molecular formula is C18H25NO4. The minimum atomic E-state index is -0.351. The number of methoxy groups -OCH3 is 1. The SMILES string of the molecule is C=C(CCCCC(=O)NCc1ccc(OC)cc1)C(=O)OCC. The van der Waals surface area contributed by atoms with Crippen molar-refractivity contribution >= 4 is 11.9 Å². The van der Waals surface area contributed by atoms with Gasteiger partial charge in [0.25, 0.3) is 0 Å². The van der Waals surface area contributed by atoms with Crippen LogP contribution < -0.4 is 10.1 Å². The van der Waals surface area contributed by atoms with Crippen LogP contribution >= 0.6 is 0 Å². The Morgan fingerprint density at radius 3 is 2.39 bits per heavy atom. The largest absolute Gasteiger partial charge is 0.497 e. The van der Waals surface area contributed by atoms with Crippen molar-refractivity contribution in [3.05, 3.63) is 42.0 Å². The number of hydrogen-bond acceptors (Lipinski definition) is 4. The molecule has 0 unspecified atom stereocenters. The highest BCUT2D eigenvalue weighted by Crippen LogP contribution is 2.11. The van der Waals surface area contributed by atoms with Gasteiger partial charge in [-0.15, -0.1) is 0 Å². The van der Waals surface area contributed by atoms with Crippen LogP contribution in [-0.4, -0.2) is 25.6 Å². The summed E-state index contributed by atoms with van der Waals surface area (Å²) in [5.41, 5.74) is 1.49. The smallest absolute Gasteiger partial charge is 0.333 e. The Balaban J connectivity index is 2.16. The number of hydrogen-bond donors (Lipinski definition) is 1. The van der Waals surface area contributed by atoms with Crippen LogP contribution in [0, 0.1) is 0 Å². The van der Waals surface area contributed by atoms with Gasteiger partial charge in [0.15, 0.2) is 0 Å². The van der Waals surface area contributed by atoms with Gasteiger partial charge in [-0.2, -0.15) is 0 Å². The summed E-state index contributed by atoms with van der Waals surface area (Å²) in [6, 6.07) is 7.57.